The molecule has 0 radical (unpaired) electrons. The predicted molar refractivity (Wildman–Crippen MR) is 76.4 cm³/mol. The minimum absolute atomic E-state index is 0.732. The Labute approximate surface area is 112 Å². The van der Waals surface area contributed by atoms with Crippen LogP contribution in [0.3, 0.4) is 0 Å². The summed E-state index contributed by atoms with van der Waals surface area (Å²) in [5.74, 6) is 0. The Kier molecular flexibility index (Phi) is 3.36. The van der Waals surface area contributed by atoms with Crippen molar-refractivity contribution in [3.8, 4) is 11.1 Å². The van der Waals surface area contributed by atoms with Crippen LogP contribution in [-0.4, -0.2) is 0 Å². The Balaban J connectivity index is 2.52. The highest BCUT2D eigenvalue weighted by atomic mass is 79.9. The molecule has 3 heteroatoms. The summed E-state index contributed by atoms with van der Waals surface area (Å²) in [5, 5.41) is 0. The van der Waals surface area contributed by atoms with Crippen molar-refractivity contribution in [2.45, 2.75) is 6.92 Å². The van der Waals surface area contributed by atoms with Gasteiger partial charge in [-0.15, -0.1) is 0 Å². The third-order valence-corrected chi connectivity index (χ3v) is 3.78. The summed E-state index contributed by atoms with van der Waals surface area (Å²) >= 11 is 6.91. The summed E-state index contributed by atoms with van der Waals surface area (Å²) in [5.41, 5.74) is 10.2. The number of nitrogens with two attached hydrogens (primary N) is 1. The average molecular weight is 341 g/mol. The van der Waals surface area contributed by atoms with Crippen LogP contribution in [-0.2, 0) is 0 Å². The molecule has 1 nitrogen and oxygen atoms in total. The van der Waals surface area contributed by atoms with Crippen LogP contribution in [0.2, 0.25) is 0 Å². The van der Waals surface area contributed by atoms with E-state index in [2.05, 4.69) is 63.0 Å². The van der Waals surface area contributed by atoms with Crippen LogP contribution in [0.15, 0.2) is 45.3 Å². The molecular weight excluding hydrogens is 330 g/mol. The maximum absolute atomic E-state index is 5.86. The van der Waals surface area contributed by atoms with Crippen LogP contribution in [0.4, 0.5) is 5.69 Å². The molecule has 2 rings (SSSR count). The number of nitrogen functional groups attached to an aromatic ring is 1. The predicted octanol–water partition coefficient (Wildman–Crippen LogP) is 4.77. The lowest BCUT2D eigenvalue weighted by Gasteiger charge is -2.07. The maximum atomic E-state index is 5.86. The van der Waals surface area contributed by atoms with Crippen molar-refractivity contribution in [3.63, 3.8) is 0 Å². The number of rotatable bonds is 1. The first-order chi connectivity index (χ1) is 7.58. The summed E-state index contributed by atoms with van der Waals surface area (Å²) in [6.45, 7) is 2.08. The maximum Gasteiger partial charge on any atom is 0.0603 e. The number of benzene rings is 2. The topological polar surface area (TPSA) is 26.0 Å². The van der Waals surface area contributed by atoms with E-state index in [9.17, 15) is 0 Å². The van der Waals surface area contributed by atoms with Crippen LogP contribution in [0.1, 0.15) is 5.56 Å². The van der Waals surface area contributed by atoms with E-state index in [1.165, 1.54) is 11.1 Å². The van der Waals surface area contributed by atoms with Crippen molar-refractivity contribution in [1.29, 1.82) is 0 Å². The van der Waals surface area contributed by atoms with E-state index in [1.54, 1.807) is 0 Å². The molecule has 2 aromatic rings. The number of hydrogen-bond donors (Lipinski definition) is 1. The highest BCUT2D eigenvalue weighted by Crippen LogP contribution is 2.33. The Morgan fingerprint density at radius 2 is 1.38 bits per heavy atom. The fraction of sp³-hybridized carbons (Fsp3) is 0.0769. The molecule has 0 aromatic heterocycles. The average Bonchev–Trinajstić information content (AvgIpc) is 2.26. The minimum atomic E-state index is 0.732. The second kappa shape index (κ2) is 4.60. The summed E-state index contributed by atoms with van der Waals surface area (Å²) in [4.78, 5) is 0. The smallest absolute Gasteiger partial charge is 0.0603 e. The van der Waals surface area contributed by atoms with E-state index >= 15 is 0 Å². The molecule has 0 unspecified atom stereocenters. The molecule has 0 fully saturated rings. The second-order valence-electron chi connectivity index (χ2n) is 3.72. The fourth-order valence-corrected chi connectivity index (χ4v) is 2.68. The normalized spacial score (nSPS) is 10.4. The lowest BCUT2D eigenvalue weighted by atomic mass is 10.0. The van der Waals surface area contributed by atoms with E-state index in [0.717, 1.165) is 20.2 Å². The number of hydrogen-bond acceptors (Lipinski definition) is 1. The number of aryl methyl sites for hydroxylation is 1. The Hall–Kier alpha value is -0.800. The van der Waals surface area contributed by atoms with E-state index in [-0.39, 0.29) is 0 Å². The van der Waals surface area contributed by atoms with Crippen LogP contribution in [0, 0.1) is 6.92 Å². The lowest BCUT2D eigenvalue weighted by molar-refractivity contribution is 1.46. The van der Waals surface area contributed by atoms with Crippen molar-refractivity contribution >= 4 is 37.5 Å². The molecule has 0 saturated heterocycles. The standard InChI is InChI=1S/C13H11Br2N/c1-8-2-4-9(5-3-8)10-6-11(14)13(16)12(15)7-10/h2-7H,16H2,1H3. The fourth-order valence-electron chi connectivity index (χ4n) is 1.50. The third-order valence-electron chi connectivity index (χ3n) is 2.46. The number of anilines is 1. The summed E-state index contributed by atoms with van der Waals surface area (Å²) in [6.07, 6.45) is 0. The summed E-state index contributed by atoms with van der Waals surface area (Å²) < 4.78 is 1.83. The first-order valence-corrected chi connectivity index (χ1v) is 6.48. The largest absolute Gasteiger partial charge is 0.397 e. The Morgan fingerprint density at radius 3 is 1.88 bits per heavy atom. The highest BCUT2D eigenvalue weighted by molar-refractivity contribution is 9.11. The van der Waals surface area contributed by atoms with Crippen molar-refractivity contribution in [1.82, 2.24) is 0 Å². The molecule has 0 aliphatic heterocycles. The van der Waals surface area contributed by atoms with Gasteiger partial charge in [0.05, 0.1) is 5.69 Å². The van der Waals surface area contributed by atoms with Gasteiger partial charge >= 0.3 is 0 Å². The third kappa shape index (κ3) is 2.30. The van der Waals surface area contributed by atoms with E-state index in [4.69, 9.17) is 5.73 Å². The summed E-state index contributed by atoms with van der Waals surface area (Å²) in [6, 6.07) is 12.5. The van der Waals surface area contributed by atoms with Crippen molar-refractivity contribution < 1.29 is 0 Å². The molecule has 0 spiro atoms. The Bertz CT molecular complexity index is 495. The highest BCUT2D eigenvalue weighted by Gasteiger charge is 2.05. The van der Waals surface area contributed by atoms with Gasteiger partial charge < -0.3 is 5.73 Å². The molecule has 0 bridgehead atoms. The molecule has 0 atom stereocenters. The van der Waals surface area contributed by atoms with Gasteiger partial charge in [0.1, 0.15) is 0 Å². The van der Waals surface area contributed by atoms with E-state index in [1.807, 2.05) is 12.1 Å². The van der Waals surface area contributed by atoms with Crippen LogP contribution in [0.5, 0.6) is 0 Å². The molecule has 0 amide bonds. The zero-order valence-corrected chi connectivity index (χ0v) is 12.0. The van der Waals surface area contributed by atoms with Gasteiger partial charge in [-0.05, 0) is 62.0 Å². The molecule has 0 heterocycles. The number of halogens is 2. The molecule has 16 heavy (non-hydrogen) atoms. The van der Waals surface area contributed by atoms with Gasteiger partial charge in [-0.2, -0.15) is 0 Å². The van der Waals surface area contributed by atoms with E-state index in [0.29, 0.717) is 0 Å². The van der Waals surface area contributed by atoms with Gasteiger partial charge in [0.2, 0.25) is 0 Å². The molecule has 82 valence electrons. The van der Waals surface area contributed by atoms with Crippen molar-refractivity contribution in [2.24, 2.45) is 0 Å². The van der Waals surface area contributed by atoms with Gasteiger partial charge in [0.15, 0.2) is 0 Å². The van der Waals surface area contributed by atoms with Crippen LogP contribution in [0.25, 0.3) is 11.1 Å². The van der Waals surface area contributed by atoms with E-state index < -0.39 is 0 Å². The summed E-state index contributed by atoms with van der Waals surface area (Å²) in [7, 11) is 0. The van der Waals surface area contributed by atoms with Gasteiger partial charge in [-0.25, -0.2) is 0 Å². The molecule has 2 N–H and O–H groups in total. The molecule has 0 saturated carbocycles. The molecular formula is C13H11Br2N. The SMILES string of the molecule is Cc1ccc(-c2cc(Br)c(N)c(Br)c2)cc1. The van der Waals surface area contributed by atoms with Gasteiger partial charge in [0, 0.05) is 8.95 Å². The zero-order chi connectivity index (χ0) is 11.7. The van der Waals surface area contributed by atoms with Crippen LogP contribution >= 0.6 is 31.9 Å². The van der Waals surface area contributed by atoms with Crippen molar-refractivity contribution in [3.05, 3.63) is 50.9 Å². The first-order valence-electron chi connectivity index (χ1n) is 4.89. The van der Waals surface area contributed by atoms with Crippen molar-refractivity contribution in [2.75, 3.05) is 5.73 Å². The van der Waals surface area contributed by atoms with Gasteiger partial charge in [-0.3, -0.25) is 0 Å². The quantitative estimate of drug-likeness (QED) is 0.743. The van der Waals surface area contributed by atoms with Gasteiger partial charge in [0.25, 0.3) is 0 Å². The second-order valence-corrected chi connectivity index (χ2v) is 5.43. The zero-order valence-electron chi connectivity index (χ0n) is 8.80. The first kappa shape index (κ1) is 11.7. The lowest BCUT2D eigenvalue weighted by Crippen LogP contribution is -1.89. The minimum Gasteiger partial charge on any atom is -0.397 e. The molecule has 0 aliphatic carbocycles. The van der Waals surface area contributed by atoms with Gasteiger partial charge in [-0.1, -0.05) is 29.8 Å². The van der Waals surface area contributed by atoms with Crippen LogP contribution < -0.4 is 5.73 Å². The monoisotopic (exact) mass is 339 g/mol. The molecule has 0 aliphatic rings. The molecule has 2 aromatic carbocycles. The Morgan fingerprint density at radius 1 is 0.875 bits per heavy atom.